The van der Waals surface area contributed by atoms with E-state index in [0.29, 0.717) is 0 Å². The Morgan fingerprint density at radius 2 is 1.65 bits per heavy atom. The van der Waals surface area contributed by atoms with E-state index in [1.807, 2.05) is 54.6 Å². The third-order valence-electron chi connectivity index (χ3n) is 3.24. The number of nitriles is 1. The van der Waals surface area contributed by atoms with Crippen LogP contribution < -0.4 is 4.74 Å². The molecule has 0 aliphatic carbocycles. The molecule has 102 valence electrons. The number of ether oxygens (including phenoxy) is 1. The van der Waals surface area contributed by atoms with Crippen LogP contribution in [0.5, 0.6) is 5.75 Å². The normalized spacial score (nSPS) is 11.6. The Morgan fingerprint density at radius 3 is 2.25 bits per heavy atom. The van der Waals surface area contributed by atoms with Gasteiger partial charge in [0.25, 0.3) is 0 Å². The largest absolute Gasteiger partial charge is 0.494 e. The van der Waals surface area contributed by atoms with Crippen molar-refractivity contribution in [2.45, 2.75) is 25.7 Å². The van der Waals surface area contributed by atoms with Gasteiger partial charge in [-0.15, -0.1) is 0 Å². The summed E-state index contributed by atoms with van der Waals surface area (Å²) in [5.74, 6) is 0.646. The Labute approximate surface area is 120 Å². The van der Waals surface area contributed by atoms with Gasteiger partial charge in [0.1, 0.15) is 5.75 Å². The lowest BCUT2D eigenvalue weighted by atomic mass is 9.93. The molecule has 2 aromatic rings. The summed E-state index contributed by atoms with van der Waals surface area (Å²) >= 11 is 0. The molecule has 0 radical (unpaired) electrons. The summed E-state index contributed by atoms with van der Waals surface area (Å²) in [5, 5.41) is 9.39. The van der Waals surface area contributed by atoms with E-state index in [1.54, 1.807) is 0 Å². The van der Waals surface area contributed by atoms with E-state index in [1.165, 1.54) is 0 Å². The molecule has 0 unspecified atom stereocenters. The monoisotopic (exact) mass is 265 g/mol. The summed E-state index contributed by atoms with van der Waals surface area (Å²) in [7, 11) is 0. The summed E-state index contributed by atoms with van der Waals surface area (Å²) in [5.41, 5.74) is 2.02. The minimum atomic E-state index is -0.221. The van der Waals surface area contributed by atoms with Gasteiger partial charge in [0, 0.05) is 0 Å². The number of unbranched alkanes of at least 4 members (excludes halogenated alkanes) is 1. The van der Waals surface area contributed by atoms with Crippen LogP contribution in [0.3, 0.4) is 0 Å². The first-order chi connectivity index (χ1) is 9.85. The van der Waals surface area contributed by atoms with E-state index in [2.05, 4.69) is 13.0 Å². The Kier molecular flexibility index (Phi) is 5.20. The van der Waals surface area contributed by atoms with Crippen LogP contribution in [0.2, 0.25) is 0 Å². The molecule has 2 rings (SSSR count). The van der Waals surface area contributed by atoms with Gasteiger partial charge in [-0.1, -0.05) is 55.8 Å². The second kappa shape index (κ2) is 7.35. The van der Waals surface area contributed by atoms with Crippen molar-refractivity contribution in [2.75, 3.05) is 6.61 Å². The number of benzene rings is 2. The second-order valence-corrected chi connectivity index (χ2v) is 4.74. The average molecular weight is 265 g/mol. The van der Waals surface area contributed by atoms with Crippen LogP contribution in [0.4, 0.5) is 0 Å². The van der Waals surface area contributed by atoms with Crippen molar-refractivity contribution >= 4 is 0 Å². The Bertz CT molecular complexity index is 554. The van der Waals surface area contributed by atoms with Crippen LogP contribution in [-0.4, -0.2) is 6.61 Å². The third-order valence-corrected chi connectivity index (χ3v) is 3.24. The standard InChI is InChI=1S/C18H19NO/c1-2-3-13-20-17-11-9-16(10-12-17)18(14-19)15-7-5-4-6-8-15/h4-12,18H,2-3,13H2,1H3/t18-/m1/s1. The molecule has 0 saturated heterocycles. The van der Waals surface area contributed by atoms with E-state index < -0.39 is 0 Å². The summed E-state index contributed by atoms with van der Waals surface area (Å²) in [6, 6.07) is 20.1. The Morgan fingerprint density at radius 1 is 1.00 bits per heavy atom. The number of rotatable bonds is 6. The lowest BCUT2D eigenvalue weighted by Gasteiger charge is -2.11. The minimum absolute atomic E-state index is 0.221. The lowest BCUT2D eigenvalue weighted by molar-refractivity contribution is 0.309. The zero-order valence-corrected chi connectivity index (χ0v) is 11.8. The first-order valence-electron chi connectivity index (χ1n) is 7.02. The molecule has 2 aromatic carbocycles. The minimum Gasteiger partial charge on any atom is -0.494 e. The van der Waals surface area contributed by atoms with Crippen molar-refractivity contribution < 1.29 is 4.74 Å². The van der Waals surface area contributed by atoms with Crippen molar-refractivity contribution in [3.05, 3.63) is 65.7 Å². The molecular formula is C18H19NO. The maximum absolute atomic E-state index is 9.39. The van der Waals surface area contributed by atoms with Crippen molar-refractivity contribution in [3.8, 4) is 11.8 Å². The molecule has 0 aliphatic rings. The first-order valence-corrected chi connectivity index (χ1v) is 7.02. The maximum atomic E-state index is 9.39. The fourth-order valence-corrected chi connectivity index (χ4v) is 2.08. The van der Waals surface area contributed by atoms with Crippen molar-refractivity contribution in [1.82, 2.24) is 0 Å². The quantitative estimate of drug-likeness (QED) is 0.719. The highest BCUT2D eigenvalue weighted by Gasteiger charge is 2.12. The molecule has 0 fully saturated rings. The highest BCUT2D eigenvalue weighted by atomic mass is 16.5. The van der Waals surface area contributed by atoms with Gasteiger partial charge in [-0.2, -0.15) is 5.26 Å². The smallest absolute Gasteiger partial charge is 0.119 e. The third kappa shape index (κ3) is 3.61. The maximum Gasteiger partial charge on any atom is 0.119 e. The average Bonchev–Trinajstić information content (AvgIpc) is 2.51. The lowest BCUT2D eigenvalue weighted by Crippen LogP contribution is -1.99. The van der Waals surface area contributed by atoms with Gasteiger partial charge < -0.3 is 4.74 Å². The molecule has 0 bridgehead atoms. The van der Waals surface area contributed by atoms with Gasteiger partial charge in [0.15, 0.2) is 0 Å². The van der Waals surface area contributed by atoms with Gasteiger partial charge in [-0.05, 0) is 29.7 Å². The molecule has 0 N–H and O–H groups in total. The van der Waals surface area contributed by atoms with Gasteiger partial charge in [0.2, 0.25) is 0 Å². The predicted molar refractivity (Wildman–Crippen MR) is 80.7 cm³/mol. The summed E-state index contributed by atoms with van der Waals surface area (Å²) in [6.07, 6.45) is 2.19. The van der Waals surface area contributed by atoms with Crippen LogP contribution in [-0.2, 0) is 0 Å². The van der Waals surface area contributed by atoms with Gasteiger partial charge in [-0.25, -0.2) is 0 Å². The van der Waals surface area contributed by atoms with Gasteiger partial charge in [0.05, 0.1) is 18.6 Å². The number of nitrogens with zero attached hydrogens (tertiary/aromatic N) is 1. The van der Waals surface area contributed by atoms with Crippen LogP contribution in [0, 0.1) is 11.3 Å². The molecule has 0 amide bonds. The summed E-state index contributed by atoms with van der Waals surface area (Å²) in [4.78, 5) is 0. The van der Waals surface area contributed by atoms with Crippen molar-refractivity contribution in [1.29, 1.82) is 5.26 Å². The molecule has 0 saturated carbocycles. The Balaban J connectivity index is 2.10. The summed E-state index contributed by atoms with van der Waals surface area (Å²) < 4.78 is 5.64. The van der Waals surface area contributed by atoms with Crippen LogP contribution in [0.15, 0.2) is 54.6 Å². The predicted octanol–water partition coefficient (Wildman–Crippen LogP) is 4.52. The van der Waals surface area contributed by atoms with E-state index in [0.717, 1.165) is 36.3 Å². The number of hydrogen-bond acceptors (Lipinski definition) is 2. The fraction of sp³-hybridized carbons (Fsp3) is 0.278. The van der Waals surface area contributed by atoms with E-state index in [-0.39, 0.29) is 5.92 Å². The molecule has 0 aliphatic heterocycles. The zero-order valence-electron chi connectivity index (χ0n) is 11.8. The van der Waals surface area contributed by atoms with Gasteiger partial charge in [-0.3, -0.25) is 0 Å². The van der Waals surface area contributed by atoms with Crippen LogP contribution in [0.1, 0.15) is 36.8 Å². The molecule has 2 nitrogen and oxygen atoms in total. The van der Waals surface area contributed by atoms with E-state index in [9.17, 15) is 5.26 Å². The highest BCUT2D eigenvalue weighted by Crippen LogP contribution is 2.25. The molecule has 0 aromatic heterocycles. The molecule has 2 heteroatoms. The second-order valence-electron chi connectivity index (χ2n) is 4.74. The topological polar surface area (TPSA) is 33.0 Å². The van der Waals surface area contributed by atoms with Crippen LogP contribution >= 0.6 is 0 Å². The Hall–Kier alpha value is -2.27. The molecule has 0 spiro atoms. The molecular weight excluding hydrogens is 246 g/mol. The zero-order chi connectivity index (χ0) is 14.2. The fourth-order valence-electron chi connectivity index (χ4n) is 2.08. The molecule has 20 heavy (non-hydrogen) atoms. The number of hydrogen-bond donors (Lipinski definition) is 0. The molecule has 1 atom stereocenters. The van der Waals surface area contributed by atoms with Gasteiger partial charge >= 0.3 is 0 Å². The van der Waals surface area contributed by atoms with Crippen molar-refractivity contribution in [2.24, 2.45) is 0 Å². The van der Waals surface area contributed by atoms with E-state index >= 15 is 0 Å². The summed E-state index contributed by atoms with van der Waals surface area (Å²) in [6.45, 7) is 2.89. The highest BCUT2D eigenvalue weighted by molar-refractivity contribution is 5.40. The van der Waals surface area contributed by atoms with Crippen molar-refractivity contribution in [3.63, 3.8) is 0 Å². The van der Waals surface area contributed by atoms with Crippen LogP contribution in [0.25, 0.3) is 0 Å². The van der Waals surface area contributed by atoms with E-state index in [4.69, 9.17) is 4.74 Å². The first kappa shape index (κ1) is 14.1. The SMILES string of the molecule is CCCCOc1ccc([C@H](C#N)c2ccccc2)cc1. The molecule has 0 heterocycles.